The van der Waals surface area contributed by atoms with E-state index < -0.39 is 0 Å². The summed E-state index contributed by atoms with van der Waals surface area (Å²) in [4.78, 5) is 15.0. The molecule has 0 bridgehead atoms. The van der Waals surface area contributed by atoms with Crippen molar-refractivity contribution in [3.8, 4) is 0 Å². The number of rotatable bonds is 2. The number of hydrogen-bond donors (Lipinski definition) is 1. The Balaban J connectivity index is 2.25. The zero-order valence-electron chi connectivity index (χ0n) is 7.87. The number of hydrogen-bond acceptors (Lipinski definition) is 2. The largest absolute Gasteiger partial charge is 0.345 e. The van der Waals surface area contributed by atoms with Crippen LogP contribution in [0.4, 0.5) is 0 Å². The predicted molar refractivity (Wildman–Crippen MR) is 47.9 cm³/mol. The summed E-state index contributed by atoms with van der Waals surface area (Å²) < 4.78 is 1.96. The zero-order valence-corrected chi connectivity index (χ0v) is 7.87. The number of aromatic nitrogens is 2. The van der Waals surface area contributed by atoms with Crippen LogP contribution in [0.1, 0.15) is 25.5 Å². The van der Waals surface area contributed by atoms with Crippen molar-refractivity contribution in [2.75, 3.05) is 0 Å². The van der Waals surface area contributed by atoms with Gasteiger partial charge in [-0.3, -0.25) is 4.79 Å². The van der Waals surface area contributed by atoms with Crippen molar-refractivity contribution >= 4 is 5.91 Å². The first-order valence-electron chi connectivity index (χ1n) is 4.40. The first-order chi connectivity index (χ1) is 6.14. The third-order valence-electron chi connectivity index (χ3n) is 2.47. The van der Waals surface area contributed by atoms with E-state index in [1.165, 1.54) is 0 Å². The molecule has 70 valence electrons. The van der Waals surface area contributed by atoms with Crippen LogP contribution < -0.4 is 5.32 Å². The van der Waals surface area contributed by atoms with Crippen molar-refractivity contribution in [3.05, 3.63) is 18.2 Å². The fraction of sp³-hybridized carbons (Fsp3) is 0.556. The molecule has 1 aromatic rings. The Kier molecular flexibility index (Phi) is 1.65. The van der Waals surface area contributed by atoms with Crippen LogP contribution in [-0.2, 0) is 17.4 Å². The summed E-state index contributed by atoms with van der Waals surface area (Å²) in [6, 6.07) is 0. The van der Waals surface area contributed by atoms with Gasteiger partial charge in [-0.15, -0.1) is 0 Å². The van der Waals surface area contributed by atoms with Gasteiger partial charge < -0.3 is 9.88 Å². The Bertz CT molecular complexity index is 338. The molecule has 1 aliphatic carbocycles. The van der Waals surface area contributed by atoms with Crippen molar-refractivity contribution in [2.24, 2.45) is 7.05 Å². The Morgan fingerprint density at radius 2 is 2.38 bits per heavy atom. The topological polar surface area (TPSA) is 46.9 Å². The van der Waals surface area contributed by atoms with Gasteiger partial charge in [-0.25, -0.2) is 4.98 Å². The summed E-state index contributed by atoms with van der Waals surface area (Å²) in [5.41, 5.74) is 0.986. The van der Waals surface area contributed by atoms with Crippen molar-refractivity contribution in [1.29, 1.82) is 0 Å². The van der Waals surface area contributed by atoms with E-state index in [0.717, 1.165) is 18.5 Å². The van der Waals surface area contributed by atoms with Crippen molar-refractivity contribution in [3.63, 3.8) is 0 Å². The van der Waals surface area contributed by atoms with Gasteiger partial charge in [0.05, 0.1) is 23.8 Å². The lowest BCUT2D eigenvalue weighted by Gasteiger charge is -2.16. The average Bonchev–Trinajstić information content (AvgIpc) is 2.65. The lowest BCUT2D eigenvalue weighted by atomic mass is 10.2. The fourth-order valence-electron chi connectivity index (χ4n) is 1.73. The molecule has 1 N–H and O–H groups in total. The van der Waals surface area contributed by atoms with Gasteiger partial charge >= 0.3 is 0 Å². The molecule has 1 fully saturated rings. The van der Waals surface area contributed by atoms with Crippen LogP contribution in [0.2, 0.25) is 0 Å². The summed E-state index contributed by atoms with van der Waals surface area (Å²) in [6.07, 6.45) is 5.62. The molecule has 0 aromatic carbocycles. The second-order valence-corrected chi connectivity index (χ2v) is 3.65. The normalized spacial score (nSPS) is 18.3. The highest BCUT2D eigenvalue weighted by Crippen LogP contribution is 2.44. The summed E-state index contributed by atoms with van der Waals surface area (Å²) in [7, 11) is 1.95. The van der Waals surface area contributed by atoms with E-state index in [-0.39, 0.29) is 11.4 Å². The summed E-state index contributed by atoms with van der Waals surface area (Å²) in [6.45, 7) is 1.55. The Labute approximate surface area is 77.0 Å². The highest BCUT2D eigenvalue weighted by atomic mass is 16.1. The van der Waals surface area contributed by atoms with Crippen molar-refractivity contribution < 1.29 is 4.79 Å². The molecule has 2 rings (SSSR count). The summed E-state index contributed by atoms with van der Waals surface area (Å²) in [5.74, 6) is 0.0266. The molecule has 1 heterocycles. The highest BCUT2D eigenvalue weighted by molar-refractivity contribution is 5.74. The van der Waals surface area contributed by atoms with Gasteiger partial charge in [0.25, 0.3) is 0 Å². The van der Waals surface area contributed by atoms with E-state index in [4.69, 9.17) is 0 Å². The van der Waals surface area contributed by atoms with Crippen LogP contribution in [0, 0.1) is 0 Å². The van der Waals surface area contributed by atoms with Crippen molar-refractivity contribution in [2.45, 2.75) is 25.3 Å². The Morgan fingerprint density at radius 3 is 2.77 bits per heavy atom. The molecule has 4 heteroatoms. The quantitative estimate of drug-likeness (QED) is 0.720. The number of imidazole rings is 1. The van der Waals surface area contributed by atoms with E-state index in [2.05, 4.69) is 10.3 Å². The predicted octanol–water partition coefficient (Wildman–Crippen LogP) is 0.545. The Hall–Kier alpha value is -1.32. The first-order valence-corrected chi connectivity index (χ1v) is 4.40. The lowest BCUT2D eigenvalue weighted by Crippen LogP contribution is -2.34. The maximum atomic E-state index is 11.0. The molecular formula is C9H13N3O. The van der Waals surface area contributed by atoms with Gasteiger partial charge in [0.1, 0.15) is 0 Å². The summed E-state index contributed by atoms with van der Waals surface area (Å²) in [5, 5.41) is 2.97. The molecule has 1 amide bonds. The van der Waals surface area contributed by atoms with E-state index in [1.807, 2.05) is 17.8 Å². The van der Waals surface area contributed by atoms with Gasteiger partial charge in [-0.05, 0) is 12.8 Å². The van der Waals surface area contributed by atoms with E-state index in [1.54, 1.807) is 13.3 Å². The molecule has 4 nitrogen and oxygen atoms in total. The van der Waals surface area contributed by atoms with Gasteiger partial charge in [0, 0.05) is 14.0 Å². The molecule has 0 aliphatic heterocycles. The third-order valence-corrected chi connectivity index (χ3v) is 2.47. The minimum atomic E-state index is -0.114. The molecule has 0 atom stereocenters. The number of nitrogens with one attached hydrogen (secondary N) is 1. The number of carbonyl (C=O) groups is 1. The molecular weight excluding hydrogens is 166 g/mol. The molecule has 1 aliphatic rings. The molecule has 13 heavy (non-hydrogen) atoms. The van der Waals surface area contributed by atoms with Crippen LogP contribution in [0.3, 0.4) is 0 Å². The van der Waals surface area contributed by atoms with Crippen LogP contribution in [0.25, 0.3) is 0 Å². The van der Waals surface area contributed by atoms with Crippen molar-refractivity contribution in [1.82, 2.24) is 14.9 Å². The number of carbonyl (C=O) groups excluding carboxylic acids is 1. The molecule has 0 spiro atoms. The van der Waals surface area contributed by atoms with Crippen LogP contribution in [-0.4, -0.2) is 15.5 Å². The molecule has 1 aromatic heterocycles. The van der Waals surface area contributed by atoms with Crippen LogP contribution in [0.5, 0.6) is 0 Å². The van der Waals surface area contributed by atoms with E-state index in [9.17, 15) is 4.79 Å². The SMILES string of the molecule is CC(=O)NC1(c2cncn2C)CC1. The molecule has 1 saturated carbocycles. The lowest BCUT2D eigenvalue weighted by molar-refractivity contribution is -0.120. The molecule has 0 unspecified atom stereocenters. The van der Waals surface area contributed by atoms with Gasteiger partial charge in [0.2, 0.25) is 5.91 Å². The highest BCUT2D eigenvalue weighted by Gasteiger charge is 2.47. The third kappa shape index (κ3) is 1.32. The number of nitrogens with zero attached hydrogens (tertiary/aromatic N) is 2. The van der Waals surface area contributed by atoms with Crippen LogP contribution >= 0.6 is 0 Å². The summed E-state index contributed by atoms with van der Waals surface area (Å²) >= 11 is 0. The number of aryl methyl sites for hydroxylation is 1. The van der Waals surface area contributed by atoms with Gasteiger partial charge in [0.15, 0.2) is 0 Å². The zero-order chi connectivity index (χ0) is 9.47. The second kappa shape index (κ2) is 2.58. The van der Waals surface area contributed by atoms with Gasteiger partial charge in [-0.2, -0.15) is 0 Å². The molecule has 0 saturated heterocycles. The second-order valence-electron chi connectivity index (χ2n) is 3.65. The smallest absolute Gasteiger partial charge is 0.217 e. The minimum Gasteiger partial charge on any atom is -0.345 e. The average molecular weight is 179 g/mol. The molecule has 0 radical (unpaired) electrons. The monoisotopic (exact) mass is 179 g/mol. The Morgan fingerprint density at radius 1 is 1.69 bits per heavy atom. The maximum absolute atomic E-state index is 11.0. The maximum Gasteiger partial charge on any atom is 0.217 e. The minimum absolute atomic E-state index is 0.0266. The van der Waals surface area contributed by atoms with E-state index in [0.29, 0.717) is 0 Å². The van der Waals surface area contributed by atoms with Gasteiger partial charge in [-0.1, -0.05) is 0 Å². The number of amides is 1. The van der Waals surface area contributed by atoms with E-state index >= 15 is 0 Å². The van der Waals surface area contributed by atoms with Crippen LogP contribution in [0.15, 0.2) is 12.5 Å². The first kappa shape index (κ1) is 8.29. The standard InChI is InChI=1S/C9H13N3O/c1-7(13)11-9(3-4-9)8-5-10-6-12(8)2/h5-6H,3-4H2,1-2H3,(H,11,13). The fourth-order valence-corrected chi connectivity index (χ4v) is 1.73.